The van der Waals surface area contributed by atoms with Crippen molar-refractivity contribution in [2.24, 2.45) is 0 Å². The average molecular weight is 255 g/mol. The van der Waals surface area contributed by atoms with Gasteiger partial charge in [-0.25, -0.2) is 0 Å². The molecule has 0 spiro atoms. The van der Waals surface area contributed by atoms with Crippen LogP contribution in [0.15, 0.2) is 0 Å². The summed E-state index contributed by atoms with van der Waals surface area (Å²) in [6, 6.07) is -0.168. The van der Waals surface area contributed by atoms with Crippen molar-refractivity contribution in [3.05, 3.63) is 0 Å². The first kappa shape index (κ1) is 14.2. The lowest BCUT2D eigenvalue weighted by atomic mass is 9.99. The van der Waals surface area contributed by atoms with Crippen molar-refractivity contribution in [1.82, 2.24) is 4.90 Å². The van der Waals surface area contributed by atoms with E-state index < -0.39 is 18.9 Å². The smallest absolute Gasteiger partial charge is 0.481 e. The Morgan fingerprint density at radius 2 is 2.12 bits per heavy atom. The number of piperidine rings is 1. The number of halogens is 3. The molecule has 1 heterocycles. The highest BCUT2D eigenvalue weighted by Crippen LogP contribution is 2.20. The fraction of sp³-hybridized carbons (Fsp3) is 0.900. The molecule has 0 amide bonds. The molecule has 1 aliphatic rings. The maximum Gasteiger partial charge on any atom is 0.522 e. The molecule has 0 aromatic rings. The van der Waals surface area contributed by atoms with Gasteiger partial charge in [0.25, 0.3) is 0 Å². The molecule has 17 heavy (non-hydrogen) atoms. The number of carbonyl (C=O) groups is 1. The van der Waals surface area contributed by atoms with Gasteiger partial charge in [-0.05, 0) is 19.4 Å². The van der Waals surface area contributed by atoms with Crippen LogP contribution < -0.4 is 0 Å². The van der Waals surface area contributed by atoms with Crippen molar-refractivity contribution in [3.8, 4) is 0 Å². The monoisotopic (exact) mass is 255 g/mol. The molecule has 1 fully saturated rings. The standard InChI is InChI=1S/C10H16F3NO3/c11-10(12,13)17-6-5-14-4-2-1-3-8(14)7-9(15)16/h8H,1-7H2,(H,15,16). The lowest BCUT2D eigenvalue weighted by molar-refractivity contribution is -0.325. The van der Waals surface area contributed by atoms with E-state index in [1.54, 1.807) is 4.90 Å². The van der Waals surface area contributed by atoms with Crippen molar-refractivity contribution in [3.63, 3.8) is 0 Å². The molecule has 100 valence electrons. The Morgan fingerprint density at radius 3 is 2.71 bits per heavy atom. The third kappa shape index (κ3) is 5.88. The molecule has 1 N–H and O–H groups in total. The zero-order valence-corrected chi connectivity index (χ0v) is 9.37. The zero-order chi connectivity index (χ0) is 12.9. The second-order valence-corrected chi connectivity index (χ2v) is 4.08. The van der Waals surface area contributed by atoms with Crippen LogP contribution in [0.3, 0.4) is 0 Å². The third-order valence-electron chi connectivity index (χ3n) is 2.80. The average Bonchev–Trinajstić information content (AvgIpc) is 2.18. The van der Waals surface area contributed by atoms with Crippen LogP contribution in [-0.2, 0) is 9.53 Å². The van der Waals surface area contributed by atoms with Crippen molar-refractivity contribution in [1.29, 1.82) is 0 Å². The van der Waals surface area contributed by atoms with Crippen molar-refractivity contribution < 1.29 is 27.8 Å². The van der Waals surface area contributed by atoms with Crippen LogP contribution in [0.5, 0.6) is 0 Å². The highest BCUT2D eigenvalue weighted by atomic mass is 19.4. The van der Waals surface area contributed by atoms with Gasteiger partial charge in [0.1, 0.15) is 0 Å². The molecular formula is C10H16F3NO3. The largest absolute Gasteiger partial charge is 0.522 e. The fourth-order valence-corrected chi connectivity index (χ4v) is 2.07. The fourth-order valence-electron chi connectivity index (χ4n) is 2.07. The number of hydrogen-bond donors (Lipinski definition) is 1. The highest BCUT2D eigenvalue weighted by molar-refractivity contribution is 5.67. The van der Waals surface area contributed by atoms with Gasteiger partial charge in [-0.2, -0.15) is 0 Å². The maximum absolute atomic E-state index is 11.8. The minimum Gasteiger partial charge on any atom is -0.481 e. The maximum atomic E-state index is 11.8. The molecule has 1 rings (SSSR count). The van der Waals surface area contributed by atoms with Crippen LogP contribution in [0.2, 0.25) is 0 Å². The van der Waals surface area contributed by atoms with E-state index in [9.17, 15) is 18.0 Å². The minimum atomic E-state index is -4.61. The van der Waals surface area contributed by atoms with Crippen LogP contribution in [0.25, 0.3) is 0 Å². The van der Waals surface area contributed by atoms with Gasteiger partial charge >= 0.3 is 12.3 Å². The minimum absolute atomic E-state index is 0.0218. The summed E-state index contributed by atoms with van der Waals surface area (Å²) in [7, 11) is 0. The van der Waals surface area contributed by atoms with Gasteiger partial charge in [0.05, 0.1) is 13.0 Å². The molecule has 0 aromatic heterocycles. The number of hydrogen-bond acceptors (Lipinski definition) is 3. The number of alkyl halides is 3. The number of nitrogens with zero attached hydrogens (tertiary/aromatic N) is 1. The summed E-state index contributed by atoms with van der Waals surface area (Å²) in [6.07, 6.45) is -2.10. The van der Waals surface area contributed by atoms with E-state index >= 15 is 0 Å². The van der Waals surface area contributed by atoms with E-state index in [-0.39, 0.29) is 19.0 Å². The molecule has 0 aromatic carbocycles. The Labute approximate surface area is 97.3 Å². The molecule has 7 heteroatoms. The number of carboxylic acids is 1. The first-order valence-electron chi connectivity index (χ1n) is 5.55. The highest BCUT2D eigenvalue weighted by Gasteiger charge is 2.30. The summed E-state index contributed by atoms with van der Waals surface area (Å²) in [6.45, 7) is 0.316. The number of rotatable bonds is 5. The van der Waals surface area contributed by atoms with Crippen LogP contribution in [0.1, 0.15) is 25.7 Å². The van der Waals surface area contributed by atoms with Crippen molar-refractivity contribution >= 4 is 5.97 Å². The molecule has 1 saturated heterocycles. The zero-order valence-electron chi connectivity index (χ0n) is 9.37. The van der Waals surface area contributed by atoms with Gasteiger partial charge < -0.3 is 5.11 Å². The van der Waals surface area contributed by atoms with Crippen LogP contribution in [0, 0.1) is 0 Å². The molecule has 0 aliphatic carbocycles. The summed E-state index contributed by atoms with van der Waals surface area (Å²) in [5.74, 6) is -0.918. The molecule has 1 atom stereocenters. The first-order chi connectivity index (χ1) is 7.88. The number of carboxylic acid groups (broad SMARTS) is 1. The Bertz CT molecular complexity index is 258. The Morgan fingerprint density at radius 1 is 1.41 bits per heavy atom. The van der Waals surface area contributed by atoms with Gasteiger partial charge in [-0.3, -0.25) is 14.4 Å². The van der Waals surface area contributed by atoms with E-state index in [0.29, 0.717) is 6.54 Å². The SMILES string of the molecule is O=C(O)CC1CCCCN1CCOC(F)(F)F. The first-order valence-corrected chi connectivity index (χ1v) is 5.55. The second kappa shape index (κ2) is 6.20. The van der Waals surface area contributed by atoms with E-state index in [0.717, 1.165) is 19.3 Å². The normalized spacial score (nSPS) is 22.6. The van der Waals surface area contributed by atoms with E-state index in [2.05, 4.69) is 4.74 Å². The number of likely N-dealkylation sites (tertiary alicyclic amines) is 1. The summed E-state index contributed by atoms with van der Waals surface area (Å²) < 4.78 is 39.0. The van der Waals surface area contributed by atoms with Crippen molar-refractivity contribution in [2.75, 3.05) is 19.7 Å². The summed E-state index contributed by atoms with van der Waals surface area (Å²) in [4.78, 5) is 12.4. The van der Waals surface area contributed by atoms with Crippen LogP contribution >= 0.6 is 0 Å². The van der Waals surface area contributed by atoms with Crippen LogP contribution in [-0.4, -0.2) is 48.1 Å². The summed E-state index contributed by atoms with van der Waals surface area (Å²) in [5, 5.41) is 8.70. The topological polar surface area (TPSA) is 49.8 Å². The number of aliphatic carboxylic acids is 1. The van der Waals surface area contributed by atoms with Crippen molar-refractivity contribution in [2.45, 2.75) is 38.1 Å². The molecule has 1 unspecified atom stereocenters. The van der Waals surface area contributed by atoms with Crippen LogP contribution in [0.4, 0.5) is 13.2 Å². The second-order valence-electron chi connectivity index (χ2n) is 4.08. The van der Waals surface area contributed by atoms with Gasteiger partial charge in [0, 0.05) is 12.6 Å². The Hall–Kier alpha value is -0.820. The summed E-state index contributed by atoms with van der Waals surface area (Å²) in [5.41, 5.74) is 0. The molecule has 1 aliphatic heterocycles. The molecular weight excluding hydrogens is 239 g/mol. The number of ether oxygens (including phenoxy) is 1. The van der Waals surface area contributed by atoms with Gasteiger partial charge in [-0.1, -0.05) is 6.42 Å². The Kier molecular flexibility index (Phi) is 5.20. The van der Waals surface area contributed by atoms with Gasteiger partial charge in [0.15, 0.2) is 0 Å². The molecule has 0 bridgehead atoms. The third-order valence-corrected chi connectivity index (χ3v) is 2.80. The quantitative estimate of drug-likeness (QED) is 0.814. The van der Waals surface area contributed by atoms with Gasteiger partial charge in [0.2, 0.25) is 0 Å². The molecule has 4 nitrogen and oxygen atoms in total. The lowest BCUT2D eigenvalue weighted by Gasteiger charge is -2.34. The van der Waals surface area contributed by atoms with Gasteiger partial charge in [-0.15, -0.1) is 13.2 Å². The summed E-state index contributed by atoms with van der Waals surface area (Å²) >= 11 is 0. The molecule has 0 saturated carbocycles. The predicted octanol–water partition coefficient (Wildman–Crippen LogP) is 1.85. The Balaban J connectivity index is 2.35. The lowest BCUT2D eigenvalue weighted by Crippen LogP contribution is -2.43. The molecule has 0 radical (unpaired) electrons. The van der Waals surface area contributed by atoms with E-state index in [1.807, 2.05) is 0 Å². The van der Waals surface area contributed by atoms with E-state index in [1.165, 1.54) is 0 Å². The predicted molar refractivity (Wildman–Crippen MR) is 53.5 cm³/mol. The van der Waals surface area contributed by atoms with E-state index in [4.69, 9.17) is 5.11 Å².